The summed E-state index contributed by atoms with van der Waals surface area (Å²) in [5.41, 5.74) is 1.56. The van der Waals surface area contributed by atoms with E-state index in [1.807, 2.05) is 6.07 Å². The third-order valence-electron chi connectivity index (χ3n) is 1.31. The summed E-state index contributed by atoms with van der Waals surface area (Å²) in [4.78, 5) is 3.73. The quantitative estimate of drug-likeness (QED) is 0.552. The van der Waals surface area contributed by atoms with Gasteiger partial charge in [0.25, 0.3) is 0 Å². The summed E-state index contributed by atoms with van der Waals surface area (Å²) >= 11 is 0. The van der Waals surface area contributed by atoms with Crippen LogP contribution in [0, 0.1) is 0 Å². The number of aromatic nitrogens is 2. The van der Waals surface area contributed by atoms with Gasteiger partial charge in [-0.3, -0.25) is 4.99 Å². The van der Waals surface area contributed by atoms with Gasteiger partial charge in [-0.1, -0.05) is 4.69 Å². The lowest BCUT2D eigenvalue weighted by Crippen LogP contribution is -1.74. The molecule has 0 saturated heterocycles. The van der Waals surface area contributed by atoms with Crippen molar-refractivity contribution >= 4 is 17.9 Å². The summed E-state index contributed by atoms with van der Waals surface area (Å²) in [6.07, 6.45) is 3.16. The molecule has 4 heteroatoms. The van der Waals surface area contributed by atoms with Gasteiger partial charge in [0.2, 0.25) is 0 Å². The van der Waals surface area contributed by atoms with Crippen molar-refractivity contribution in [2.24, 2.45) is 4.99 Å². The summed E-state index contributed by atoms with van der Waals surface area (Å²) in [5, 5.41) is 3.85. The Labute approximate surface area is 56.7 Å². The second kappa shape index (κ2) is 1.70. The number of nitrogens with zero attached hydrogens (tertiary/aromatic N) is 3. The highest BCUT2D eigenvalue weighted by atomic mass is 16.5. The molecule has 0 saturated carbocycles. The van der Waals surface area contributed by atoms with Crippen LogP contribution >= 0.6 is 0 Å². The van der Waals surface area contributed by atoms with E-state index in [1.165, 1.54) is 11.0 Å². The molecule has 0 fully saturated rings. The van der Waals surface area contributed by atoms with Gasteiger partial charge in [0.15, 0.2) is 0 Å². The number of hydrogen-bond donors (Lipinski definition) is 0. The lowest BCUT2D eigenvalue weighted by molar-refractivity contribution is 0.338. The maximum atomic E-state index is 4.95. The highest BCUT2D eigenvalue weighted by molar-refractivity contribution is 5.68. The zero-order valence-electron chi connectivity index (χ0n) is 5.19. The maximum Gasteiger partial charge on any atom is 0.150 e. The normalized spacial score (nSPS) is 10.4. The summed E-state index contributed by atoms with van der Waals surface area (Å²) in [6, 6.07) is 1.81. The molecular formula is C6H5N3O. The van der Waals surface area contributed by atoms with Crippen LogP contribution in [0.2, 0.25) is 0 Å². The SMILES string of the molecule is C=Nc1con2nccc12. The molecule has 4 nitrogen and oxygen atoms in total. The van der Waals surface area contributed by atoms with E-state index in [9.17, 15) is 0 Å². The van der Waals surface area contributed by atoms with Crippen LogP contribution in [-0.2, 0) is 0 Å². The summed E-state index contributed by atoms with van der Waals surface area (Å²) in [5.74, 6) is 0. The molecule has 0 atom stereocenters. The van der Waals surface area contributed by atoms with E-state index in [-0.39, 0.29) is 0 Å². The van der Waals surface area contributed by atoms with E-state index >= 15 is 0 Å². The first kappa shape index (κ1) is 5.22. The molecule has 2 aromatic rings. The predicted octanol–water partition coefficient (Wildman–Crippen LogP) is 1.26. The molecule has 0 N–H and O–H groups in total. The minimum absolute atomic E-state index is 0.720. The monoisotopic (exact) mass is 135 g/mol. The lowest BCUT2D eigenvalue weighted by atomic mass is 10.4. The van der Waals surface area contributed by atoms with Crippen molar-refractivity contribution in [3.8, 4) is 0 Å². The smallest absolute Gasteiger partial charge is 0.150 e. The van der Waals surface area contributed by atoms with Crippen LogP contribution in [-0.4, -0.2) is 16.5 Å². The topological polar surface area (TPSA) is 42.8 Å². The van der Waals surface area contributed by atoms with Gasteiger partial charge in [0, 0.05) is 0 Å². The molecule has 0 aliphatic carbocycles. The van der Waals surface area contributed by atoms with Gasteiger partial charge in [-0.25, -0.2) is 0 Å². The lowest BCUT2D eigenvalue weighted by Gasteiger charge is -1.76. The highest BCUT2D eigenvalue weighted by Gasteiger charge is 2.01. The molecule has 50 valence electrons. The van der Waals surface area contributed by atoms with E-state index in [1.54, 1.807) is 6.20 Å². The number of fused-ring (bicyclic) bond motifs is 1. The molecule has 2 heterocycles. The van der Waals surface area contributed by atoms with E-state index in [0.29, 0.717) is 0 Å². The molecule has 0 bridgehead atoms. The Bertz CT molecular complexity index is 360. The van der Waals surface area contributed by atoms with Crippen molar-refractivity contribution < 1.29 is 4.52 Å². The van der Waals surface area contributed by atoms with Gasteiger partial charge in [-0.2, -0.15) is 0 Å². The van der Waals surface area contributed by atoms with Crippen molar-refractivity contribution in [3.63, 3.8) is 0 Å². The van der Waals surface area contributed by atoms with Crippen molar-refractivity contribution in [1.29, 1.82) is 0 Å². The molecule has 2 aromatic heterocycles. The van der Waals surface area contributed by atoms with Gasteiger partial charge in [-0.05, 0) is 12.8 Å². The molecular weight excluding hydrogens is 130 g/mol. The van der Waals surface area contributed by atoms with E-state index in [4.69, 9.17) is 4.52 Å². The third-order valence-corrected chi connectivity index (χ3v) is 1.31. The Balaban J connectivity index is 2.88. The van der Waals surface area contributed by atoms with Gasteiger partial charge < -0.3 is 4.52 Å². The molecule has 0 radical (unpaired) electrons. The molecule has 0 aliphatic heterocycles. The van der Waals surface area contributed by atoms with Crippen LogP contribution < -0.4 is 0 Å². The van der Waals surface area contributed by atoms with Gasteiger partial charge >= 0.3 is 0 Å². The fraction of sp³-hybridized carbons (Fsp3) is 0. The van der Waals surface area contributed by atoms with Crippen LogP contribution in [0.5, 0.6) is 0 Å². The first-order chi connectivity index (χ1) is 4.92. The predicted molar refractivity (Wildman–Crippen MR) is 36.7 cm³/mol. The Morgan fingerprint density at radius 1 is 1.70 bits per heavy atom. The Morgan fingerprint density at radius 2 is 2.60 bits per heavy atom. The van der Waals surface area contributed by atoms with Crippen LogP contribution in [0.1, 0.15) is 0 Å². The molecule has 0 amide bonds. The van der Waals surface area contributed by atoms with Crippen LogP contribution in [0.4, 0.5) is 5.69 Å². The average Bonchev–Trinajstić information content (AvgIpc) is 2.44. The molecule has 0 aliphatic rings. The Morgan fingerprint density at radius 3 is 3.40 bits per heavy atom. The summed E-state index contributed by atoms with van der Waals surface area (Å²) in [6.45, 7) is 3.38. The van der Waals surface area contributed by atoms with E-state index in [2.05, 4.69) is 16.8 Å². The average molecular weight is 135 g/mol. The van der Waals surface area contributed by atoms with Crippen molar-refractivity contribution in [3.05, 3.63) is 18.5 Å². The summed E-state index contributed by atoms with van der Waals surface area (Å²) < 4.78 is 6.34. The Hall–Kier alpha value is -1.58. The van der Waals surface area contributed by atoms with Crippen molar-refractivity contribution in [2.45, 2.75) is 0 Å². The van der Waals surface area contributed by atoms with Crippen LogP contribution in [0.15, 0.2) is 28.0 Å². The van der Waals surface area contributed by atoms with Gasteiger partial charge in [0.1, 0.15) is 17.5 Å². The molecule has 0 spiro atoms. The second-order valence-electron chi connectivity index (χ2n) is 1.86. The van der Waals surface area contributed by atoms with Gasteiger partial charge in [-0.15, -0.1) is 5.10 Å². The van der Waals surface area contributed by atoms with E-state index < -0.39 is 0 Å². The summed E-state index contributed by atoms with van der Waals surface area (Å²) in [7, 11) is 0. The fourth-order valence-electron chi connectivity index (χ4n) is 0.836. The van der Waals surface area contributed by atoms with Crippen molar-refractivity contribution in [2.75, 3.05) is 0 Å². The Kier molecular flexibility index (Phi) is 0.887. The number of hydrogen-bond acceptors (Lipinski definition) is 3. The number of aliphatic imine (C=N–C) groups is 1. The maximum absolute atomic E-state index is 4.95. The highest BCUT2D eigenvalue weighted by Crippen LogP contribution is 2.19. The minimum Gasteiger partial charge on any atom is -0.363 e. The van der Waals surface area contributed by atoms with Gasteiger partial charge in [0.05, 0.1) is 6.20 Å². The second-order valence-corrected chi connectivity index (χ2v) is 1.86. The molecule has 0 unspecified atom stereocenters. The van der Waals surface area contributed by atoms with Crippen LogP contribution in [0.25, 0.3) is 5.52 Å². The third kappa shape index (κ3) is 0.500. The minimum atomic E-state index is 0.720. The first-order valence-electron chi connectivity index (χ1n) is 2.80. The zero-order chi connectivity index (χ0) is 6.97. The van der Waals surface area contributed by atoms with Crippen molar-refractivity contribution in [1.82, 2.24) is 9.79 Å². The molecule has 10 heavy (non-hydrogen) atoms. The fourth-order valence-corrected chi connectivity index (χ4v) is 0.836. The molecule has 0 aromatic carbocycles. The zero-order valence-corrected chi connectivity index (χ0v) is 5.19. The number of rotatable bonds is 1. The van der Waals surface area contributed by atoms with Crippen LogP contribution in [0.3, 0.4) is 0 Å². The largest absolute Gasteiger partial charge is 0.363 e. The first-order valence-corrected chi connectivity index (χ1v) is 2.80. The molecule has 2 rings (SSSR count). The standard InChI is InChI=1S/C6H5N3O/c1-7-5-4-10-9-6(5)2-3-8-9/h2-4H,1H2. The van der Waals surface area contributed by atoms with E-state index in [0.717, 1.165) is 11.2 Å².